The standard InChI is InChI=1S/C24H23F6N5O4/c1-14(15-9-17(23(25,26)27)11-18(10-15)24(28,29)30)39-13-22(16-5-3-2-4-6-16)8-7-19(12-31-22)34-20(35(37)38)32-33-21(34)36/h2-6,9-11,14,19,31H,7-8,12-13H2,1H3,(H,33,36)/t14-,19?,22?/m1/s1. The van der Waals surface area contributed by atoms with Crippen LogP contribution in [0.1, 0.15) is 54.2 Å². The summed E-state index contributed by atoms with van der Waals surface area (Å²) in [7, 11) is 0. The summed E-state index contributed by atoms with van der Waals surface area (Å²) in [6, 6.07) is 9.50. The lowest BCUT2D eigenvalue weighted by atomic mass is 9.81. The summed E-state index contributed by atoms with van der Waals surface area (Å²) in [6.45, 7) is 1.29. The fourth-order valence-electron chi connectivity index (χ4n) is 4.68. The molecule has 0 bridgehead atoms. The van der Waals surface area contributed by atoms with E-state index < -0.39 is 57.7 Å². The number of aromatic nitrogens is 3. The van der Waals surface area contributed by atoms with E-state index in [1.807, 2.05) is 0 Å². The number of nitrogens with one attached hydrogen (secondary N) is 2. The van der Waals surface area contributed by atoms with Crippen LogP contribution in [-0.4, -0.2) is 32.8 Å². The van der Waals surface area contributed by atoms with Crippen molar-refractivity contribution >= 4 is 5.95 Å². The van der Waals surface area contributed by atoms with E-state index in [2.05, 4.69) is 15.5 Å². The Kier molecular flexibility index (Phi) is 7.58. The van der Waals surface area contributed by atoms with Crippen LogP contribution in [0.5, 0.6) is 0 Å². The molecule has 1 aliphatic heterocycles. The molecule has 2 aromatic carbocycles. The molecule has 4 rings (SSSR count). The molecular formula is C24H23F6N5O4. The number of benzene rings is 2. The first-order valence-corrected chi connectivity index (χ1v) is 11.7. The molecule has 210 valence electrons. The Morgan fingerprint density at radius 2 is 1.74 bits per heavy atom. The molecule has 0 aliphatic carbocycles. The second-order valence-corrected chi connectivity index (χ2v) is 9.27. The molecule has 39 heavy (non-hydrogen) atoms. The van der Waals surface area contributed by atoms with E-state index in [1.54, 1.807) is 30.3 Å². The highest BCUT2D eigenvalue weighted by Gasteiger charge is 2.42. The number of rotatable bonds is 7. The smallest absolute Gasteiger partial charge is 0.390 e. The molecular weight excluding hydrogens is 536 g/mol. The average molecular weight is 559 g/mol. The second kappa shape index (κ2) is 10.4. The molecule has 1 fully saturated rings. The Hall–Kier alpha value is -3.72. The summed E-state index contributed by atoms with van der Waals surface area (Å²) in [4.78, 5) is 22.7. The number of hydrogen-bond acceptors (Lipinski definition) is 6. The van der Waals surface area contributed by atoms with Crippen LogP contribution in [0.2, 0.25) is 0 Å². The maximum Gasteiger partial charge on any atom is 0.459 e. The monoisotopic (exact) mass is 559 g/mol. The minimum Gasteiger partial charge on any atom is -0.390 e. The van der Waals surface area contributed by atoms with Gasteiger partial charge >= 0.3 is 24.0 Å². The van der Waals surface area contributed by atoms with E-state index in [4.69, 9.17) is 4.74 Å². The molecule has 0 spiro atoms. The van der Waals surface area contributed by atoms with Gasteiger partial charge in [-0.25, -0.2) is 4.79 Å². The third kappa shape index (κ3) is 5.98. The summed E-state index contributed by atoms with van der Waals surface area (Å²) in [5.41, 5.74) is -4.14. The predicted octanol–water partition coefficient (Wildman–Crippen LogP) is 5.12. The Bertz CT molecular complexity index is 1350. The van der Waals surface area contributed by atoms with E-state index in [0.29, 0.717) is 12.1 Å². The van der Waals surface area contributed by atoms with Crippen molar-refractivity contribution in [2.75, 3.05) is 13.2 Å². The van der Waals surface area contributed by atoms with E-state index >= 15 is 0 Å². The largest absolute Gasteiger partial charge is 0.459 e. The number of hydrogen-bond donors (Lipinski definition) is 2. The maximum absolute atomic E-state index is 13.3. The number of ether oxygens (including phenoxy) is 1. The second-order valence-electron chi connectivity index (χ2n) is 9.27. The molecule has 3 atom stereocenters. The van der Waals surface area contributed by atoms with Gasteiger partial charge in [0.25, 0.3) is 0 Å². The average Bonchev–Trinajstić information content (AvgIpc) is 3.28. The van der Waals surface area contributed by atoms with Gasteiger partial charge in [-0.3, -0.25) is 0 Å². The third-order valence-corrected chi connectivity index (χ3v) is 6.78. The van der Waals surface area contributed by atoms with Gasteiger partial charge in [-0.05, 0) is 54.0 Å². The van der Waals surface area contributed by atoms with Crippen LogP contribution in [0.15, 0.2) is 53.3 Å². The van der Waals surface area contributed by atoms with E-state index in [9.17, 15) is 41.3 Å². The molecule has 9 nitrogen and oxygen atoms in total. The minimum absolute atomic E-state index is 0.0571. The summed E-state index contributed by atoms with van der Waals surface area (Å²) >= 11 is 0. The van der Waals surface area contributed by atoms with Gasteiger partial charge in [0, 0.05) is 11.6 Å². The van der Waals surface area contributed by atoms with Crippen molar-refractivity contribution in [3.8, 4) is 0 Å². The number of piperidine rings is 1. The van der Waals surface area contributed by atoms with E-state index in [0.717, 1.165) is 10.1 Å². The Morgan fingerprint density at radius 3 is 2.26 bits per heavy atom. The van der Waals surface area contributed by atoms with Crippen molar-refractivity contribution in [1.82, 2.24) is 20.1 Å². The lowest BCUT2D eigenvalue weighted by Gasteiger charge is -2.41. The molecule has 0 radical (unpaired) electrons. The molecule has 1 saturated heterocycles. The van der Waals surface area contributed by atoms with Gasteiger partial charge in [-0.15, -0.1) is 5.10 Å². The fourth-order valence-corrected chi connectivity index (χ4v) is 4.68. The van der Waals surface area contributed by atoms with Crippen molar-refractivity contribution < 1.29 is 36.0 Å². The van der Waals surface area contributed by atoms with Crippen LogP contribution >= 0.6 is 0 Å². The molecule has 1 aliphatic rings. The van der Waals surface area contributed by atoms with Crippen molar-refractivity contribution in [1.29, 1.82) is 0 Å². The van der Waals surface area contributed by atoms with Gasteiger partial charge in [0.15, 0.2) is 0 Å². The lowest BCUT2D eigenvalue weighted by molar-refractivity contribution is -0.397. The molecule has 15 heteroatoms. The first-order valence-electron chi connectivity index (χ1n) is 11.7. The third-order valence-electron chi connectivity index (χ3n) is 6.78. The number of halogens is 6. The van der Waals surface area contributed by atoms with Gasteiger partial charge in [-0.1, -0.05) is 30.3 Å². The summed E-state index contributed by atoms with van der Waals surface area (Å²) in [6.07, 6.45) is -10.6. The molecule has 2 unspecified atom stereocenters. The topological polar surface area (TPSA) is 115 Å². The Balaban J connectivity index is 1.60. The normalized spacial score (nSPS) is 21.1. The lowest BCUT2D eigenvalue weighted by Crippen LogP contribution is -2.53. The van der Waals surface area contributed by atoms with Crippen molar-refractivity contribution in [3.05, 3.63) is 91.4 Å². The Morgan fingerprint density at radius 1 is 1.13 bits per heavy atom. The quantitative estimate of drug-likeness (QED) is 0.236. The number of H-pyrrole nitrogens is 1. The van der Waals surface area contributed by atoms with Gasteiger partial charge in [0.05, 0.1) is 29.4 Å². The summed E-state index contributed by atoms with van der Waals surface area (Å²) in [5.74, 6) is -0.645. The minimum atomic E-state index is -4.99. The highest BCUT2D eigenvalue weighted by molar-refractivity contribution is 5.35. The predicted molar refractivity (Wildman–Crippen MR) is 125 cm³/mol. The molecule has 0 saturated carbocycles. The fraction of sp³-hybridized carbons (Fsp3) is 0.417. The molecule has 3 aromatic rings. The number of alkyl halides is 6. The van der Waals surface area contributed by atoms with Crippen molar-refractivity contribution in [2.24, 2.45) is 0 Å². The van der Waals surface area contributed by atoms with E-state index in [1.165, 1.54) is 6.92 Å². The zero-order chi connectivity index (χ0) is 28.6. The highest BCUT2D eigenvalue weighted by atomic mass is 19.4. The number of nitrogens with zero attached hydrogens (tertiary/aromatic N) is 3. The zero-order valence-corrected chi connectivity index (χ0v) is 20.3. The molecule has 0 amide bonds. The van der Waals surface area contributed by atoms with Gasteiger partial charge in [0.1, 0.15) is 6.04 Å². The van der Waals surface area contributed by atoms with E-state index in [-0.39, 0.29) is 37.6 Å². The van der Waals surface area contributed by atoms with Gasteiger partial charge in [0.2, 0.25) is 0 Å². The molecule has 2 heterocycles. The van der Waals surface area contributed by atoms with Crippen LogP contribution in [-0.2, 0) is 22.6 Å². The Labute approximate surface area is 216 Å². The summed E-state index contributed by atoms with van der Waals surface area (Å²) in [5, 5.41) is 20.0. The SMILES string of the molecule is C[C@@H](OCC1(c2ccccc2)CCC(n2c([N+](=O)[O-])n[nH]c2=O)CN1)c1cc(C(F)(F)F)cc(C(F)(F)F)c1. The van der Waals surface area contributed by atoms with Crippen molar-refractivity contribution in [3.63, 3.8) is 0 Å². The van der Waals surface area contributed by atoms with Crippen molar-refractivity contribution in [2.45, 2.75) is 49.8 Å². The summed E-state index contributed by atoms with van der Waals surface area (Å²) < 4.78 is 86.8. The number of aromatic amines is 1. The maximum atomic E-state index is 13.3. The molecule has 2 N–H and O–H groups in total. The highest BCUT2D eigenvalue weighted by Crippen LogP contribution is 2.39. The van der Waals surface area contributed by atoms with Gasteiger partial charge in [-0.2, -0.15) is 30.9 Å². The number of nitro groups is 1. The zero-order valence-electron chi connectivity index (χ0n) is 20.3. The van der Waals surface area contributed by atoms with Crippen LogP contribution in [0.3, 0.4) is 0 Å². The van der Waals surface area contributed by atoms with Gasteiger partial charge < -0.3 is 20.2 Å². The van der Waals surface area contributed by atoms with Crippen LogP contribution in [0, 0.1) is 10.1 Å². The molecule has 1 aromatic heterocycles. The van der Waals surface area contributed by atoms with Crippen LogP contribution < -0.4 is 11.0 Å². The first kappa shape index (κ1) is 28.3. The van der Waals surface area contributed by atoms with Crippen LogP contribution in [0.25, 0.3) is 0 Å². The first-order chi connectivity index (χ1) is 18.2. The van der Waals surface area contributed by atoms with Crippen LogP contribution in [0.4, 0.5) is 32.3 Å².